The number of aryl methyl sites for hydroxylation is 1. The third-order valence-corrected chi connectivity index (χ3v) is 4.04. The van der Waals surface area contributed by atoms with E-state index >= 15 is 0 Å². The fourth-order valence-electron chi connectivity index (χ4n) is 3.13. The van der Waals surface area contributed by atoms with Crippen molar-refractivity contribution in [2.75, 3.05) is 13.1 Å². The summed E-state index contributed by atoms with van der Waals surface area (Å²) in [6.07, 6.45) is 9.65. The van der Waals surface area contributed by atoms with Gasteiger partial charge in [0.25, 0.3) is 0 Å². The molecule has 3 heteroatoms. The number of aromatic nitrogens is 2. The Bertz CT molecular complexity index is 457. The first-order valence-corrected chi connectivity index (χ1v) is 7.38. The molecule has 0 saturated heterocycles. The lowest BCUT2D eigenvalue weighted by Gasteiger charge is -2.19. The molecule has 1 aromatic heterocycles. The number of nitrogens with one attached hydrogen (secondary N) is 1. The summed E-state index contributed by atoms with van der Waals surface area (Å²) in [5.74, 6) is 1.32. The molecule has 0 atom stereocenters. The lowest BCUT2D eigenvalue weighted by atomic mass is 10.0. The van der Waals surface area contributed by atoms with Crippen LogP contribution < -0.4 is 5.32 Å². The van der Waals surface area contributed by atoms with Crippen LogP contribution in [0.2, 0.25) is 0 Å². The van der Waals surface area contributed by atoms with Crippen molar-refractivity contribution >= 4 is 5.57 Å². The molecule has 2 aliphatic heterocycles. The molecule has 98 valence electrons. The molecule has 0 aromatic carbocycles. The first-order valence-electron chi connectivity index (χ1n) is 7.38. The van der Waals surface area contributed by atoms with Crippen LogP contribution in [0.3, 0.4) is 0 Å². The fraction of sp³-hybridized carbons (Fsp3) is 0.667. The van der Waals surface area contributed by atoms with Crippen LogP contribution in [0, 0.1) is 0 Å². The van der Waals surface area contributed by atoms with Crippen molar-refractivity contribution in [1.82, 2.24) is 14.9 Å². The van der Waals surface area contributed by atoms with Gasteiger partial charge in [0.2, 0.25) is 0 Å². The van der Waals surface area contributed by atoms with Crippen LogP contribution in [-0.4, -0.2) is 22.6 Å². The van der Waals surface area contributed by atoms with E-state index in [0.29, 0.717) is 0 Å². The maximum Gasteiger partial charge on any atom is 0.109 e. The Balaban J connectivity index is 2.00. The Morgan fingerprint density at radius 2 is 2.28 bits per heavy atom. The molecule has 2 aliphatic rings. The van der Waals surface area contributed by atoms with Gasteiger partial charge in [-0.15, -0.1) is 0 Å². The van der Waals surface area contributed by atoms with E-state index in [2.05, 4.69) is 22.9 Å². The van der Waals surface area contributed by atoms with Crippen molar-refractivity contribution in [3.8, 4) is 0 Å². The quantitative estimate of drug-likeness (QED) is 0.887. The molecule has 1 N–H and O–H groups in total. The highest BCUT2D eigenvalue weighted by molar-refractivity contribution is 5.66. The molecular formula is C15H23N3. The van der Waals surface area contributed by atoms with Gasteiger partial charge in [-0.2, -0.15) is 0 Å². The smallest absolute Gasteiger partial charge is 0.109 e. The number of imidazole rings is 1. The molecule has 0 radical (unpaired) electrons. The van der Waals surface area contributed by atoms with Gasteiger partial charge in [0.1, 0.15) is 5.82 Å². The van der Waals surface area contributed by atoms with Crippen molar-refractivity contribution in [2.24, 2.45) is 0 Å². The number of hydrogen-bond donors (Lipinski definition) is 1. The number of nitrogens with zero attached hydrogens (tertiary/aromatic N) is 2. The van der Waals surface area contributed by atoms with Crippen molar-refractivity contribution < 1.29 is 0 Å². The minimum absolute atomic E-state index is 1.00. The van der Waals surface area contributed by atoms with Gasteiger partial charge in [-0.25, -0.2) is 4.98 Å². The molecule has 3 heterocycles. The Hall–Kier alpha value is -1.09. The molecule has 0 saturated carbocycles. The Labute approximate surface area is 109 Å². The minimum Gasteiger partial charge on any atom is -0.331 e. The SMILES string of the molecule is CCCc1nc(C2=CCNCC2)c2n1CCCC2. The van der Waals surface area contributed by atoms with E-state index in [9.17, 15) is 0 Å². The molecule has 3 nitrogen and oxygen atoms in total. The molecule has 18 heavy (non-hydrogen) atoms. The summed E-state index contributed by atoms with van der Waals surface area (Å²) in [4.78, 5) is 4.97. The molecule has 0 spiro atoms. The maximum absolute atomic E-state index is 4.97. The summed E-state index contributed by atoms with van der Waals surface area (Å²) in [5, 5.41) is 3.39. The van der Waals surface area contributed by atoms with Crippen LogP contribution in [0.15, 0.2) is 6.08 Å². The summed E-state index contributed by atoms with van der Waals surface area (Å²) in [7, 11) is 0. The van der Waals surface area contributed by atoms with Gasteiger partial charge in [-0.3, -0.25) is 0 Å². The van der Waals surface area contributed by atoms with E-state index in [4.69, 9.17) is 4.98 Å². The van der Waals surface area contributed by atoms with Crippen LogP contribution >= 0.6 is 0 Å². The first kappa shape index (κ1) is 12.0. The maximum atomic E-state index is 4.97. The van der Waals surface area contributed by atoms with Crippen molar-refractivity contribution in [3.63, 3.8) is 0 Å². The zero-order chi connectivity index (χ0) is 12.4. The van der Waals surface area contributed by atoms with Crippen LogP contribution in [0.4, 0.5) is 0 Å². The first-order chi connectivity index (χ1) is 8.90. The highest BCUT2D eigenvalue weighted by Crippen LogP contribution is 2.28. The van der Waals surface area contributed by atoms with Crippen LogP contribution in [0.1, 0.15) is 49.8 Å². The Morgan fingerprint density at radius 3 is 3.06 bits per heavy atom. The number of fused-ring (bicyclic) bond motifs is 1. The van der Waals surface area contributed by atoms with Gasteiger partial charge in [0.05, 0.1) is 5.69 Å². The highest BCUT2D eigenvalue weighted by Gasteiger charge is 2.22. The van der Waals surface area contributed by atoms with E-state index in [0.717, 1.165) is 25.9 Å². The van der Waals surface area contributed by atoms with Crippen molar-refractivity contribution in [3.05, 3.63) is 23.3 Å². The second-order valence-electron chi connectivity index (χ2n) is 5.37. The topological polar surface area (TPSA) is 29.9 Å². The third-order valence-electron chi connectivity index (χ3n) is 4.04. The van der Waals surface area contributed by atoms with Gasteiger partial charge in [0.15, 0.2) is 0 Å². The van der Waals surface area contributed by atoms with Crippen LogP contribution in [-0.2, 0) is 19.4 Å². The lowest BCUT2D eigenvalue weighted by molar-refractivity contribution is 0.512. The fourth-order valence-corrected chi connectivity index (χ4v) is 3.13. The summed E-state index contributed by atoms with van der Waals surface area (Å²) >= 11 is 0. The molecule has 3 rings (SSSR count). The molecule has 0 aliphatic carbocycles. The Kier molecular flexibility index (Phi) is 3.50. The monoisotopic (exact) mass is 245 g/mol. The lowest BCUT2D eigenvalue weighted by Crippen LogP contribution is -2.21. The van der Waals surface area contributed by atoms with E-state index < -0.39 is 0 Å². The Morgan fingerprint density at radius 1 is 1.33 bits per heavy atom. The zero-order valence-electron chi connectivity index (χ0n) is 11.3. The van der Waals surface area contributed by atoms with Crippen molar-refractivity contribution in [2.45, 2.75) is 52.0 Å². The van der Waals surface area contributed by atoms with Crippen LogP contribution in [0.25, 0.3) is 5.57 Å². The highest BCUT2D eigenvalue weighted by atomic mass is 15.1. The van der Waals surface area contributed by atoms with E-state index in [1.807, 2.05) is 0 Å². The molecule has 0 amide bonds. The largest absolute Gasteiger partial charge is 0.331 e. The number of rotatable bonds is 3. The average Bonchev–Trinajstić information content (AvgIpc) is 2.80. The van der Waals surface area contributed by atoms with Crippen LogP contribution in [0.5, 0.6) is 0 Å². The van der Waals surface area contributed by atoms with E-state index in [1.54, 1.807) is 0 Å². The molecule has 1 aromatic rings. The predicted molar refractivity (Wildman–Crippen MR) is 74.6 cm³/mol. The van der Waals surface area contributed by atoms with Gasteiger partial charge in [-0.05, 0) is 44.2 Å². The summed E-state index contributed by atoms with van der Waals surface area (Å²) in [5.41, 5.74) is 4.30. The van der Waals surface area contributed by atoms with Gasteiger partial charge in [0, 0.05) is 25.2 Å². The number of hydrogen-bond acceptors (Lipinski definition) is 2. The summed E-state index contributed by atoms with van der Waals surface area (Å²) < 4.78 is 2.51. The summed E-state index contributed by atoms with van der Waals surface area (Å²) in [6.45, 7) is 5.53. The third kappa shape index (κ3) is 2.12. The van der Waals surface area contributed by atoms with E-state index in [-0.39, 0.29) is 0 Å². The standard InChI is InChI=1S/C15H23N3/c1-2-5-14-17-15(12-7-9-16-10-8-12)13-6-3-4-11-18(13)14/h7,16H,2-6,8-11H2,1H3. The molecular weight excluding hydrogens is 222 g/mol. The molecule has 0 bridgehead atoms. The van der Waals surface area contributed by atoms with Gasteiger partial charge in [-0.1, -0.05) is 13.0 Å². The minimum atomic E-state index is 1.00. The van der Waals surface area contributed by atoms with Gasteiger partial charge < -0.3 is 9.88 Å². The zero-order valence-corrected chi connectivity index (χ0v) is 11.3. The summed E-state index contributed by atoms with van der Waals surface area (Å²) in [6, 6.07) is 0. The van der Waals surface area contributed by atoms with Crippen molar-refractivity contribution in [1.29, 1.82) is 0 Å². The predicted octanol–water partition coefficient (Wildman–Crippen LogP) is 2.55. The normalized spacial score (nSPS) is 19.5. The second kappa shape index (κ2) is 5.27. The van der Waals surface area contributed by atoms with E-state index in [1.165, 1.54) is 55.0 Å². The second-order valence-corrected chi connectivity index (χ2v) is 5.37. The molecule has 0 unspecified atom stereocenters. The average molecular weight is 245 g/mol. The van der Waals surface area contributed by atoms with Gasteiger partial charge >= 0.3 is 0 Å². The molecule has 0 fully saturated rings.